The van der Waals surface area contributed by atoms with Crippen LogP contribution in [0.5, 0.6) is 0 Å². The number of benzene rings is 1. The molecule has 0 spiro atoms. The van der Waals surface area contributed by atoms with Gasteiger partial charge in [-0.05, 0) is 43.7 Å². The zero-order valence-electron chi connectivity index (χ0n) is 11.8. The summed E-state index contributed by atoms with van der Waals surface area (Å²) >= 11 is 4.91. The number of halogens is 1. The topological polar surface area (TPSA) is 49.4 Å². The van der Waals surface area contributed by atoms with Crippen molar-refractivity contribution in [1.29, 1.82) is 0 Å². The van der Waals surface area contributed by atoms with Crippen molar-refractivity contribution in [3.05, 3.63) is 51.1 Å². The highest BCUT2D eigenvalue weighted by molar-refractivity contribution is 9.10. The van der Waals surface area contributed by atoms with Crippen LogP contribution >= 0.6 is 27.3 Å². The van der Waals surface area contributed by atoms with E-state index in [1.54, 1.807) is 35.6 Å². The molecule has 1 unspecified atom stereocenters. The van der Waals surface area contributed by atoms with Crippen LogP contribution in [0.25, 0.3) is 0 Å². The van der Waals surface area contributed by atoms with Gasteiger partial charge in [0, 0.05) is 15.9 Å². The molecular weight excluding hydrogens is 372 g/mol. The van der Waals surface area contributed by atoms with Crippen LogP contribution in [-0.2, 0) is 10.0 Å². The molecule has 4 nitrogen and oxygen atoms in total. The molecule has 0 bridgehead atoms. The molecule has 0 aliphatic heterocycles. The zero-order valence-corrected chi connectivity index (χ0v) is 15.0. The summed E-state index contributed by atoms with van der Waals surface area (Å²) < 4.78 is 28.1. The Morgan fingerprint density at radius 1 is 1.29 bits per heavy atom. The Kier molecular flexibility index (Phi) is 5.56. The number of nitrogens with zero attached hydrogens (tertiary/aromatic N) is 1. The third-order valence-corrected chi connectivity index (χ3v) is 5.96. The molecule has 7 heteroatoms. The van der Waals surface area contributed by atoms with Gasteiger partial charge in [0.2, 0.25) is 10.0 Å². The second kappa shape index (κ2) is 7.02. The minimum atomic E-state index is -3.50. The molecule has 1 aromatic heterocycles. The molecule has 0 radical (unpaired) electrons. The molecule has 0 fully saturated rings. The molecule has 1 heterocycles. The average Bonchev–Trinajstić information content (AvgIpc) is 2.92. The summed E-state index contributed by atoms with van der Waals surface area (Å²) in [4.78, 5) is 3.41. The van der Waals surface area contributed by atoms with Crippen molar-refractivity contribution in [2.75, 3.05) is 20.6 Å². The molecule has 1 aromatic carbocycles. The van der Waals surface area contributed by atoms with E-state index in [0.717, 1.165) is 9.35 Å². The number of sulfonamides is 1. The fraction of sp³-hybridized carbons (Fsp3) is 0.286. The lowest BCUT2D eigenvalue weighted by Gasteiger charge is -2.23. The molecule has 2 rings (SSSR count). The van der Waals surface area contributed by atoms with Gasteiger partial charge in [-0.25, -0.2) is 13.1 Å². The summed E-state index contributed by atoms with van der Waals surface area (Å²) in [5.41, 5.74) is 0. The lowest BCUT2D eigenvalue weighted by molar-refractivity contribution is 0.303. The summed E-state index contributed by atoms with van der Waals surface area (Å²) in [6.07, 6.45) is 0. The molecule has 1 N–H and O–H groups in total. The first-order chi connectivity index (χ1) is 9.90. The van der Waals surface area contributed by atoms with Crippen LogP contribution in [0.15, 0.2) is 51.1 Å². The van der Waals surface area contributed by atoms with Crippen LogP contribution in [0, 0.1) is 0 Å². The van der Waals surface area contributed by atoms with Gasteiger partial charge in [-0.15, -0.1) is 11.3 Å². The smallest absolute Gasteiger partial charge is 0.240 e. The fourth-order valence-corrected chi connectivity index (χ4v) is 4.48. The quantitative estimate of drug-likeness (QED) is 0.826. The van der Waals surface area contributed by atoms with E-state index >= 15 is 0 Å². The first kappa shape index (κ1) is 16.6. The zero-order chi connectivity index (χ0) is 15.5. The molecule has 0 amide bonds. The van der Waals surface area contributed by atoms with Crippen LogP contribution in [0.2, 0.25) is 0 Å². The van der Waals surface area contributed by atoms with E-state index in [1.807, 2.05) is 36.5 Å². The van der Waals surface area contributed by atoms with E-state index < -0.39 is 10.0 Å². The van der Waals surface area contributed by atoms with Crippen LogP contribution in [-0.4, -0.2) is 34.0 Å². The van der Waals surface area contributed by atoms with Gasteiger partial charge in [0.05, 0.1) is 10.9 Å². The lowest BCUT2D eigenvalue weighted by Crippen LogP contribution is -2.34. The highest BCUT2D eigenvalue weighted by Crippen LogP contribution is 2.23. The van der Waals surface area contributed by atoms with E-state index in [4.69, 9.17) is 0 Å². The molecule has 0 saturated carbocycles. The highest BCUT2D eigenvalue weighted by atomic mass is 79.9. The third-order valence-electron chi connectivity index (χ3n) is 3.07. The summed E-state index contributed by atoms with van der Waals surface area (Å²) in [5.74, 6) is 0. The maximum atomic E-state index is 12.3. The Morgan fingerprint density at radius 2 is 2.05 bits per heavy atom. The molecule has 1 atom stereocenters. The second-order valence-corrected chi connectivity index (χ2v) is 8.47. The highest BCUT2D eigenvalue weighted by Gasteiger charge is 2.20. The number of thiophene rings is 1. The Balaban J connectivity index is 2.13. The van der Waals surface area contributed by atoms with Crippen molar-refractivity contribution in [2.45, 2.75) is 10.9 Å². The van der Waals surface area contributed by atoms with Gasteiger partial charge in [0.25, 0.3) is 0 Å². The predicted molar refractivity (Wildman–Crippen MR) is 90.1 cm³/mol. The summed E-state index contributed by atoms with van der Waals surface area (Å²) in [6.45, 7) is 0.336. The lowest BCUT2D eigenvalue weighted by atomic mass is 10.2. The molecule has 0 saturated heterocycles. The normalized spacial score (nSPS) is 13.5. The molecule has 21 heavy (non-hydrogen) atoms. The van der Waals surface area contributed by atoms with Gasteiger partial charge in [-0.1, -0.05) is 28.1 Å². The Hall–Kier alpha value is -0.730. The van der Waals surface area contributed by atoms with Crippen LogP contribution in [0.4, 0.5) is 0 Å². The van der Waals surface area contributed by atoms with E-state index in [0.29, 0.717) is 6.54 Å². The number of likely N-dealkylation sites (N-methyl/N-ethyl adjacent to an activating group) is 1. The number of hydrogen-bond acceptors (Lipinski definition) is 4. The van der Waals surface area contributed by atoms with Gasteiger partial charge in [0.15, 0.2) is 0 Å². The predicted octanol–water partition coefficient (Wildman–Crippen LogP) is 3.09. The first-order valence-electron chi connectivity index (χ1n) is 6.35. The maximum absolute atomic E-state index is 12.3. The standard InChI is InChI=1S/C14H17BrN2O2S2/c1-17(2)13(14-7-4-8-20-14)10-16-21(18,19)12-6-3-5-11(15)9-12/h3-9,13,16H,10H2,1-2H3. The van der Waals surface area contributed by atoms with Crippen molar-refractivity contribution in [3.8, 4) is 0 Å². The van der Waals surface area contributed by atoms with Crippen molar-refractivity contribution in [3.63, 3.8) is 0 Å². The van der Waals surface area contributed by atoms with Crippen molar-refractivity contribution < 1.29 is 8.42 Å². The summed E-state index contributed by atoms with van der Waals surface area (Å²) in [7, 11) is 0.380. The SMILES string of the molecule is CN(C)C(CNS(=O)(=O)c1cccc(Br)c1)c1cccs1. The van der Waals surface area contributed by atoms with Gasteiger partial charge in [-0.3, -0.25) is 0 Å². The Morgan fingerprint density at radius 3 is 2.62 bits per heavy atom. The molecular formula is C14H17BrN2O2S2. The molecule has 0 aliphatic carbocycles. The number of rotatable bonds is 6. The minimum Gasteiger partial charge on any atom is -0.300 e. The third kappa shape index (κ3) is 4.37. The summed E-state index contributed by atoms with van der Waals surface area (Å²) in [6, 6.07) is 10.7. The van der Waals surface area contributed by atoms with Crippen LogP contribution in [0.3, 0.4) is 0 Å². The average molecular weight is 389 g/mol. The Bertz CT molecular complexity index is 685. The fourth-order valence-electron chi connectivity index (χ4n) is 1.92. The Labute approximate surface area is 138 Å². The van der Waals surface area contributed by atoms with Crippen LogP contribution < -0.4 is 4.72 Å². The largest absolute Gasteiger partial charge is 0.300 e. The molecule has 114 valence electrons. The monoisotopic (exact) mass is 388 g/mol. The second-order valence-electron chi connectivity index (χ2n) is 4.80. The number of hydrogen-bond donors (Lipinski definition) is 1. The van der Waals surface area contributed by atoms with E-state index in [9.17, 15) is 8.42 Å². The minimum absolute atomic E-state index is 0.0203. The van der Waals surface area contributed by atoms with Crippen molar-refractivity contribution in [1.82, 2.24) is 9.62 Å². The van der Waals surface area contributed by atoms with Crippen molar-refractivity contribution >= 4 is 37.3 Å². The molecule has 0 aliphatic rings. The van der Waals surface area contributed by atoms with E-state index in [2.05, 4.69) is 20.7 Å². The van der Waals surface area contributed by atoms with Gasteiger partial charge < -0.3 is 4.90 Å². The maximum Gasteiger partial charge on any atom is 0.240 e. The molecule has 2 aromatic rings. The van der Waals surface area contributed by atoms with Gasteiger partial charge in [-0.2, -0.15) is 0 Å². The summed E-state index contributed by atoms with van der Waals surface area (Å²) in [5, 5.41) is 1.99. The van der Waals surface area contributed by atoms with Gasteiger partial charge >= 0.3 is 0 Å². The van der Waals surface area contributed by atoms with E-state index in [-0.39, 0.29) is 10.9 Å². The van der Waals surface area contributed by atoms with Crippen LogP contribution in [0.1, 0.15) is 10.9 Å². The first-order valence-corrected chi connectivity index (χ1v) is 9.51. The van der Waals surface area contributed by atoms with Gasteiger partial charge in [0.1, 0.15) is 0 Å². The van der Waals surface area contributed by atoms with Crippen molar-refractivity contribution in [2.24, 2.45) is 0 Å². The number of nitrogens with one attached hydrogen (secondary N) is 1. The van der Waals surface area contributed by atoms with E-state index in [1.165, 1.54) is 0 Å².